The summed E-state index contributed by atoms with van der Waals surface area (Å²) in [6, 6.07) is 7.34. The highest BCUT2D eigenvalue weighted by Crippen LogP contribution is 2.52. The quantitative estimate of drug-likeness (QED) is 0.564. The van der Waals surface area contributed by atoms with Gasteiger partial charge in [-0.1, -0.05) is 36.9 Å². The highest BCUT2D eigenvalue weighted by molar-refractivity contribution is 8.16. The average Bonchev–Trinajstić information content (AvgIpc) is 2.96. The van der Waals surface area contributed by atoms with E-state index in [1.165, 1.54) is 30.6 Å². The number of hydrogen-bond acceptors (Lipinski definition) is 3. The second-order valence-corrected chi connectivity index (χ2v) is 8.44. The molecule has 0 N–H and O–H groups in total. The zero-order valence-electron chi connectivity index (χ0n) is 15.5. The Bertz CT molecular complexity index is 945. The molecule has 0 radical (unpaired) electrons. The van der Waals surface area contributed by atoms with E-state index in [1.807, 2.05) is 0 Å². The lowest BCUT2D eigenvalue weighted by atomic mass is 9.93. The molecule has 0 spiro atoms. The van der Waals surface area contributed by atoms with Crippen molar-refractivity contribution in [3.8, 4) is 0 Å². The minimum atomic E-state index is -4.53. The number of nitrogens with zero attached hydrogens (tertiary/aromatic N) is 2. The van der Waals surface area contributed by atoms with Gasteiger partial charge in [-0.25, -0.2) is 4.99 Å². The molecule has 9 heteroatoms. The van der Waals surface area contributed by atoms with Crippen LogP contribution in [0.25, 0.3) is 0 Å². The first-order valence-corrected chi connectivity index (χ1v) is 9.54. The number of benzene rings is 1. The first-order chi connectivity index (χ1) is 13.5. The SMILES string of the molecule is C[C@H](CC1=NC(=O)C(C)(C(F)(F)c2ccncc2)S1)c1ccccc1C(F)(F)F. The highest BCUT2D eigenvalue weighted by atomic mass is 32.2. The zero-order chi connectivity index (χ0) is 21.4. The van der Waals surface area contributed by atoms with Crippen LogP contribution in [0.1, 0.15) is 42.9 Å². The van der Waals surface area contributed by atoms with E-state index in [4.69, 9.17) is 0 Å². The number of aliphatic imine (C=N–C) groups is 1. The minimum absolute atomic E-state index is 0.0326. The number of carbonyl (C=O) groups is 1. The Kier molecular flexibility index (Phi) is 5.55. The molecule has 0 aliphatic carbocycles. The molecule has 0 saturated carbocycles. The number of amides is 1. The molecular weight excluding hydrogens is 411 g/mol. The molecule has 0 bridgehead atoms. The third-order valence-corrected chi connectivity index (χ3v) is 6.21. The molecule has 29 heavy (non-hydrogen) atoms. The van der Waals surface area contributed by atoms with Crippen LogP contribution in [0.2, 0.25) is 0 Å². The Balaban J connectivity index is 1.84. The number of alkyl halides is 5. The molecule has 1 unspecified atom stereocenters. The van der Waals surface area contributed by atoms with E-state index in [0.717, 1.165) is 25.1 Å². The summed E-state index contributed by atoms with van der Waals surface area (Å²) >= 11 is 0.608. The maximum atomic E-state index is 15.1. The summed E-state index contributed by atoms with van der Waals surface area (Å²) in [5, 5.41) is 0.0932. The number of thioether (sulfide) groups is 1. The molecule has 3 nitrogen and oxygen atoms in total. The van der Waals surface area contributed by atoms with Gasteiger partial charge >= 0.3 is 6.18 Å². The Morgan fingerprint density at radius 3 is 2.31 bits per heavy atom. The van der Waals surface area contributed by atoms with Crippen LogP contribution in [-0.2, 0) is 16.9 Å². The van der Waals surface area contributed by atoms with E-state index in [9.17, 15) is 18.0 Å². The van der Waals surface area contributed by atoms with E-state index in [-0.39, 0.29) is 22.6 Å². The Morgan fingerprint density at radius 1 is 1.07 bits per heavy atom. The third kappa shape index (κ3) is 3.92. The van der Waals surface area contributed by atoms with E-state index in [2.05, 4.69) is 9.98 Å². The van der Waals surface area contributed by atoms with Crippen LogP contribution >= 0.6 is 11.8 Å². The Labute approximate surface area is 168 Å². The first kappa shape index (κ1) is 21.4. The largest absolute Gasteiger partial charge is 0.416 e. The van der Waals surface area contributed by atoms with Crippen molar-refractivity contribution in [2.45, 2.75) is 43.0 Å². The molecule has 1 aromatic heterocycles. The summed E-state index contributed by atoms with van der Waals surface area (Å²) in [5.74, 6) is -5.20. The van der Waals surface area contributed by atoms with Crippen molar-refractivity contribution >= 4 is 22.7 Å². The monoisotopic (exact) mass is 428 g/mol. The molecule has 2 heterocycles. The topological polar surface area (TPSA) is 42.3 Å². The number of hydrogen-bond donors (Lipinski definition) is 0. The number of pyridine rings is 1. The summed E-state index contributed by atoms with van der Waals surface area (Å²) < 4.78 is 67.7. The lowest BCUT2D eigenvalue weighted by molar-refractivity contribution is -0.138. The van der Waals surface area contributed by atoms with Crippen molar-refractivity contribution in [3.05, 3.63) is 65.5 Å². The zero-order valence-corrected chi connectivity index (χ0v) is 16.3. The summed E-state index contributed by atoms with van der Waals surface area (Å²) in [6.45, 7) is 2.65. The number of rotatable bonds is 5. The lowest BCUT2D eigenvalue weighted by Crippen LogP contribution is -2.44. The molecule has 1 aliphatic heterocycles. The first-order valence-electron chi connectivity index (χ1n) is 8.72. The summed E-state index contributed by atoms with van der Waals surface area (Å²) in [5.41, 5.74) is -1.12. The fourth-order valence-electron chi connectivity index (χ4n) is 3.20. The number of carbonyl (C=O) groups excluding carboxylic acids is 1. The van der Waals surface area contributed by atoms with Crippen molar-refractivity contribution < 1.29 is 26.7 Å². The molecule has 0 saturated heterocycles. The minimum Gasteiger partial charge on any atom is -0.271 e. The predicted molar refractivity (Wildman–Crippen MR) is 101 cm³/mol. The summed E-state index contributed by atoms with van der Waals surface area (Å²) in [6.07, 6.45) is -2.18. The van der Waals surface area contributed by atoms with Crippen LogP contribution in [0.15, 0.2) is 53.8 Å². The molecule has 1 aromatic carbocycles. The van der Waals surface area contributed by atoms with E-state index in [0.29, 0.717) is 11.8 Å². The van der Waals surface area contributed by atoms with Crippen molar-refractivity contribution in [2.24, 2.45) is 4.99 Å². The van der Waals surface area contributed by atoms with Crippen LogP contribution < -0.4 is 0 Å². The third-order valence-electron chi connectivity index (χ3n) is 4.88. The van der Waals surface area contributed by atoms with Crippen LogP contribution in [0, 0.1) is 0 Å². The molecule has 3 rings (SSSR count). The maximum absolute atomic E-state index is 15.1. The standard InChI is InChI=1S/C20H17F5N2OS/c1-12(14-5-3-4-6-15(14)20(23,24)25)11-16-27-17(28)18(2,29-16)19(21,22)13-7-9-26-10-8-13/h3-10,12H,11H2,1-2H3/t12-,18?/m1/s1. The molecule has 2 atom stereocenters. The van der Waals surface area contributed by atoms with E-state index in [1.54, 1.807) is 6.92 Å². The van der Waals surface area contributed by atoms with Gasteiger partial charge in [-0.3, -0.25) is 9.78 Å². The van der Waals surface area contributed by atoms with Gasteiger partial charge in [0.15, 0.2) is 4.75 Å². The maximum Gasteiger partial charge on any atom is 0.416 e. The smallest absolute Gasteiger partial charge is 0.271 e. The van der Waals surface area contributed by atoms with Gasteiger partial charge in [0.05, 0.1) is 10.6 Å². The van der Waals surface area contributed by atoms with Crippen LogP contribution in [0.3, 0.4) is 0 Å². The van der Waals surface area contributed by atoms with Crippen molar-refractivity contribution in [3.63, 3.8) is 0 Å². The Hall–Kier alpha value is -2.29. The average molecular weight is 428 g/mol. The van der Waals surface area contributed by atoms with Crippen LogP contribution in [-0.4, -0.2) is 20.7 Å². The molecule has 2 aromatic rings. The fourth-order valence-corrected chi connectivity index (χ4v) is 4.51. The van der Waals surface area contributed by atoms with Gasteiger partial charge in [0, 0.05) is 24.4 Å². The predicted octanol–water partition coefficient (Wildman–Crippen LogP) is 5.82. The number of aromatic nitrogens is 1. The molecular formula is C20H17F5N2OS. The van der Waals surface area contributed by atoms with Crippen LogP contribution in [0.5, 0.6) is 0 Å². The fraction of sp³-hybridized carbons (Fsp3) is 0.350. The second-order valence-electron chi connectivity index (χ2n) is 6.95. The Morgan fingerprint density at radius 2 is 1.69 bits per heavy atom. The van der Waals surface area contributed by atoms with Crippen molar-refractivity contribution in [1.29, 1.82) is 0 Å². The van der Waals surface area contributed by atoms with Gasteiger partial charge in [-0.2, -0.15) is 22.0 Å². The van der Waals surface area contributed by atoms with Gasteiger partial charge in [0.2, 0.25) is 0 Å². The normalized spacial score (nSPS) is 21.2. The molecule has 1 aliphatic rings. The second kappa shape index (κ2) is 7.51. The number of halogens is 5. The molecule has 0 fully saturated rings. The van der Waals surface area contributed by atoms with Gasteiger partial charge in [0.25, 0.3) is 11.8 Å². The van der Waals surface area contributed by atoms with Gasteiger partial charge in [0.1, 0.15) is 0 Å². The molecule has 1 amide bonds. The van der Waals surface area contributed by atoms with Crippen molar-refractivity contribution in [1.82, 2.24) is 4.98 Å². The van der Waals surface area contributed by atoms with Gasteiger partial charge < -0.3 is 0 Å². The highest BCUT2D eigenvalue weighted by Gasteiger charge is 2.60. The summed E-state index contributed by atoms with van der Waals surface area (Å²) in [7, 11) is 0. The van der Waals surface area contributed by atoms with Crippen LogP contribution in [0.4, 0.5) is 22.0 Å². The van der Waals surface area contributed by atoms with Crippen molar-refractivity contribution in [2.75, 3.05) is 0 Å². The van der Waals surface area contributed by atoms with E-state index >= 15 is 8.78 Å². The molecule has 154 valence electrons. The lowest BCUT2D eigenvalue weighted by Gasteiger charge is -2.30. The van der Waals surface area contributed by atoms with E-state index < -0.39 is 34.2 Å². The van der Waals surface area contributed by atoms with Gasteiger partial charge in [-0.15, -0.1) is 0 Å². The summed E-state index contributed by atoms with van der Waals surface area (Å²) in [4.78, 5) is 19.8. The van der Waals surface area contributed by atoms with Gasteiger partial charge in [-0.05, 0) is 36.6 Å².